The monoisotopic (exact) mass is 332 g/mol. The third-order valence-corrected chi connectivity index (χ3v) is 3.03. The van der Waals surface area contributed by atoms with Crippen LogP contribution in [0.3, 0.4) is 0 Å². The molecule has 0 saturated heterocycles. The second-order valence-corrected chi connectivity index (χ2v) is 4.96. The van der Waals surface area contributed by atoms with Gasteiger partial charge >= 0.3 is 0 Å². The molecule has 0 aliphatic rings. The number of nitrogens with zero attached hydrogens (tertiary/aromatic N) is 2. The predicted octanol–water partition coefficient (Wildman–Crippen LogP) is 3.48. The highest BCUT2D eigenvalue weighted by molar-refractivity contribution is 6.38. The Morgan fingerprint density at radius 3 is 2.61 bits per heavy atom. The van der Waals surface area contributed by atoms with Crippen molar-refractivity contribution in [2.75, 3.05) is 5.43 Å². The van der Waals surface area contributed by atoms with Crippen molar-refractivity contribution in [1.29, 1.82) is 0 Å². The third kappa shape index (κ3) is 4.52. The van der Waals surface area contributed by atoms with E-state index in [-0.39, 0.29) is 23.0 Å². The second-order valence-electron chi connectivity index (χ2n) is 4.52. The molecule has 0 saturated carbocycles. The first kappa shape index (κ1) is 16.4. The number of carbonyl (C=O) groups is 1. The van der Waals surface area contributed by atoms with Crippen molar-refractivity contribution >= 4 is 40.3 Å². The van der Waals surface area contributed by atoms with Crippen molar-refractivity contribution in [2.24, 2.45) is 4.99 Å². The third-order valence-electron chi connectivity index (χ3n) is 2.80. The zero-order chi connectivity index (χ0) is 16.8. The molecule has 0 aliphatic heterocycles. The van der Waals surface area contributed by atoms with Crippen molar-refractivity contribution in [3.05, 3.63) is 63.7 Å². The molecule has 0 aliphatic carbocycles. The minimum Gasteiger partial charge on any atom is -0.293 e. The molecule has 2 aromatic carbocycles. The molecule has 23 heavy (non-hydrogen) atoms. The molecule has 0 bridgehead atoms. The zero-order valence-electron chi connectivity index (χ0n) is 12.1. The molecule has 2 N–H and O–H groups in total. The normalized spacial score (nSPS) is 11.0. The summed E-state index contributed by atoms with van der Waals surface area (Å²) in [5.74, 6) is -0.332. The number of halogens is 1. The molecule has 0 heterocycles. The van der Waals surface area contributed by atoms with E-state index in [1.165, 1.54) is 19.1 Å². The van der Waals surface area contributed by atoms with Crippen molar-refractivity contribution < 1.29 is 9.72 Å². The highest BCUT2D eigenvalue weighted by Gasteiger charge is 2.13. The molecule has 0 amide bonds. The van der Waals surface area contributed by atoms with Crippen LogP contribution in [0, 0.1) is 10.1 Å². The van der Waals surface area contributed by atoms with Crippen LogP contribution in [-0.4, -0.2) is 16.5 Å². The first-order valence-electron chi connectivity index (χ1n) is 6.58. The van der Waals surface area contributed by atoms with Crippen LogP contribution in [0.15, 0.2) is 53.5 Å². The van der Waals surface area contributed by atoms with E-state index < -0.39 is 4.92 Å². The molecule has 7 nitrogen and oxygen atoms in total. The van der Waals surface area contributed by atoms with Crippen LogP contribution in [0.1, 0.15) is 6.92 Å². The topological polar surface area (TPSA) is 96.6 Å². The van der Waals surface area contributed by atoms with Gasteiger partial charge in [0.15, 0.2) is 11.6 Å². The van der Waals surface area contributed by atoms with Gasteiger partial charge in [-0.25, -0.2) is 4.99 Å². The predicted molar refractivity (Wildman–Crippen MR) is 89.1 cm³/mol. The average molecular weight is 333 g/mol. The Labute approximate surface area is 137 Å². The number of nitro groups is 1. The maximum absolute atomic E-state index is 11.7. The Hall–Kier alpha value is -2.93. The molecule has 0 unspecified atom stereocenters. The molecule has 0 radical (unpaired) electrons. The number of carbonyl (C=O) groups excluding carboxylic acids is 1. The summed E-state index contributed by atoms with van der Waals surface area (Å²) in [6, 6.07) is 12.7. The highest BCUT2D eigenvalue weighted by atomic mass is 35.5. The highest BCUT2D eigenvalue weighted by Crippen LogP contribution is 2.22. The molecule has 2 aromatic rings. The van der Waals surface area contributed by atoms with Gasteiger partial charge in [-0.05, 0) is 24.3 Å². The number of Topliss-reactive ketones (excluding diaryl/α,β-unsaturated/α-hetero) is 1. The smallest absolute Gasteiger partial charge is 0.293 e. The summed E-state index contributed by atoms with van der Waals surface area (Å²) >= 11 is 5.87. The Kier molecular flexibility index (Phi) is 5.27. The fraction of sp³-hybridized carbons (Fsp3) is 0.0667. The number of benzene rings is 2. The fourth-order valence-corrected chi connectivity index (χ4v) is 1.92. The van der Waals surface area contributed by atoms with Gasteiger partial charge in [0.25, 0.3) is 5.69 Å². The lowest BCUT2D eigenvalue weighted by atomic mass is 10.3. The standard InChI is InChI=1S/C15H13ClN4O3/c1-10(21)15(17-12-6-4-5-11(16)9-12)19-18-13-7-2-3-8-14(13)20(22)23/h2-9,18H,1H3,(H,17,19). The van der Waals surface area contributed by atoms with Crippen molar-refractivity contribution in [3.63, 3.8) is 0 Å². The number of nitro benzene ring substituents is 1. The van der Waals surface area contributed by atoms with Gasteiger partial charge in [-0.15, -0.1) is 0 Å². The summed E-state index contributed by atoms with van der Waals surface area (Å²) in [5, 5.41) is 11.4. The molecule has 0 aromatic heterocycles. The number of hydrogen-bond acceptors (Lipinski definition) is 5. The molecule has 0 spiro atoms. The molecular weight excluding hydrogens is 320 g/mol. The summed E-state index contributed by atoms with van der Waals surface area (Å²) < 4.78 is 0. The quantitative estimate of drug-likeness (QED) is 0.378. The summed E-state index contributed by atoms with van der Waals surface area (Å²) in [5.41, 5.74) is 5.82. The van der Waals surface area contributed by atoms with Crippen LogP contribution >= 0.6 is 11.6 Å². The van der Waals surface area contributed by atoms with Gasteiger partial charge in [0, 0.05) is 18.0 Å². The van der Waals surface area contributed by atoms with E-state index in [2.05, 4.69) is 15.8 Å². The molecular formula is C15H13ClN4O3. The van der Waals surface area contributed by atoms with Crippen LogP contribution in [-0.2, 0) is 4.79 Å². The fourth-order valence-electron chi connectivity index (χ4n) is 1.73. The first-order chi connectivity index (χ1) is 11.0. The summed E-state index contributed by atoms with van der Waals surface area (Å²) in [6.45, 7) is 1.33. The summed E-state index contributed by atoms with van der Waals surface area (Å²) in [7, 11) is 0. The van der Waals surface area contributed by atoms with Crippen molar-refractivity contribution in [3.8, 4) is 0 Å². The molecule has 118 valence electrons. The Balaban J connectivity index is 2.22. The minimum atomic E-state index is -0.522. The summed E-state index contributed by atoms with van der Waals surface area (Å²) in [6.07, 6.45) is 0. The Morgan fingerprint density at radius 1 is 1.22 bits per heavy atom. The van der Waals surface area contributed by atoms with E-state index in [0.717, 1.165) is 0 Å². The summed E-state index contributed by atoms with van der Waals surface area (Å²) in [4.78, 5) is 26.3. The number of anilines is 1. The van der Waals surface area contributed by atoms with Crippen LogP contribution in [0.4, 0.5) is 17.1 Å². The number of ketones is 1. The number of amidine groups is 1. The molecule has 0 fully saturated rings. The second kappa shape index (κ2) is 7.37. The Morgan fingerprint density at radius 2 is 1.96 bits per heavy atom. The Bertz CT molecular complexity index is 777. The van der Waals surface area contributed by atoms with Crippen LogP contribution in [0.25, 0.3) is 0 Å². The van der Waals surface area contributed by atoms with E-state index in [1.807, 2.05) is 0 Å². The number of aliphatic imine (C=N–C) groups is 1. The number of hydrazine groups is 1. The largest absolute Gasteiger partial charge is 0.294 e. The molecule has 0 atom stereocenters. The molecule has 8 heteroatoms. The number of nitrogens with one attached hydrogen (secondary N) is 2. The number of hydrogen-bond donors (Lipinski definition) is 2. The number of para-hydroxylation sites is 2. The van der Waals surface area contributed by atoms with E-state index >= 15 is 0 Å². The minimum absolute atomic E-state index is 0.00502. The SMILES string of the molecule is CC(=O)C(=Nc1cccc(Cl)c1)NNc1ccccc1[N+](=O)[O-]. The van der Waals surface area contributed by atoms with Gasteiger partial charge in [-0.3, -0.25) is 25.8 Å². The van der Waals surface area contributed by atoms with Gasteiger partial charge in [0.05, 0.1) is 10.6 Å². The lowest BCUT2D eigenvalue weighted by Gasteiger charge is -2.10. The number of rotatable bonds is 5. The maximum atomic E-state index is 11.7. The average Bonchev–Trinajstić information content (AvgIpc) is 2.51. The van der Waals surface area contributed by atoms with E-state index in [0.29, 0.717) is 10.7 Å². The van der Waals surface area contributed by atoms with Crippen LogP contribution < -0.4 is 10.9 Å². The zero-order valence-corrected chi connectivity index (χ0v) is 12.9. The van der Waals surface area contributed by atoms with Crippen LogP contribution in [0.5, 0.6) is 0 Å². The van der Waals surface area contributed by atoms with Crippen molar-refractivity contribution in [1.82, 2.24) is 5.43 Å². The van der Waals surface area contributed by atoms with E-state index in [9.17, 15) is 14.9 Å². The van der Waals surface area contributed by atoms with Gasteiger partial charge in [-0.2, -0.15) is 0 Å². The maximum Gasteiger partial charge on any atom is 0.294 e. The first-order valence-corrected chi connectivity index (χ1v) is 6.96. The van der Waals surface area contributed by atoms with Crippen molar-refractivity contribution in [2.45, 2.75) is 6.92 Å². The lowest BCUT2D eigenvalue weighted by Crippen LogP contribution is -2.34. The van der Waals surface area contributed by atoms with Gasteiger partial charge in [-0.1, -0.05) is 29.8 Å². The molecule has 2 rings (SSSR count). The van der Waals surface area contributed by atoms with E-state index in [1.54, 1.807) is 36.4 Å². The lowest BCUT2D eigenvalue weighted by molar-refractivity contribution is -0.384. The van der Waals surface area contributed by atoms with Gasteiger partial charge in [0.2, 0.25) is 0 Å². The van der Waals surface area contributed by atoms with Gasteiger partial charge < -0.3 is 0 Å². The van der Waals surface area contributed by atoms with Gasteiger partial charge in [0.1, 0.15) is 5.69 Å². The van der Waals surface area contributed by atoms with Crippen LogP contribution in [0.2, 0.25) is 5.02 Å². The van der Waals surface area contributed by atoms with E-state index in [4.69, 9.17) is 11.6 Å².